The molecule has 0 rings (SSSR count). The van der Waals surface area contributed by atoms with E-state index >= 15 is 0 Å². The van der Waals surface area contributed by atoms with Gasteiger partial charge in [0.25, 0.3) is 0 Å². The molecule has 0 aromatic heterocycles. The van der Waals surface area contributed by atoms with E-state index in [2.05, 4.69) is 32.6 Å². The maximum absolute atomic E-state index is 5.72. The van der Waals surface area contributed by atoms with Crippen LogP contribution >= 0.6 is 11.6 Å². The van der Waals surface area contributed by atoms with Crippen LogP contribution in [-0.2, 0) is 0 Å². The van der Waals surface area contributed by atoms with Gasteiger partial charge in [0.15, 0.2) is 0 Å². The molecule has 0 aliphatic heterocycles. The van der Waals surface area contributed by atoms with Gasteiger partial charge in [0.2, 0.25) is 0 Å². The van der Waals surface area contributed by atoms with Crippen molar-refractivity contribution < 1.29 is 0 Å². The summed E-state index contributed by atoms with van der Waals surface area (Å²) in [7, 11) is 0. The maximum atomic E-state index is 5.72. The van der Waals surface area contributed by atoms with Gasteiger partial charge in [-0.3, -0.25) is 0 Å². The molecule has 0 spiro atoms. The molecule has 0 atom stereocenters. The Hall–Kier alpha value is 0.250. The minimum atomic E-state index is 0.743. The van der Waals surface area contributed by atoms with E-state index in [1.807, 2.05) is 0 Å². The molecular formula is C10H22ClN. The lowest BCUT2D eigenvalue weighted by Gasteiger charge is -2.24. The number of hydrogen-bond acceptors (Lipinski definition) is 1. The van der Waals surface area contributed by atoms with Gasteiger partial charge >= 0.3 is 0 Å². The fourth-order valence-corrected chi connectivity index (χ4v) is 1.65. The minimum absolute atomic E-state index is 0.743. The van der Waals surface area contributed by atoms with Gasteiger partial charge in [0, 0.05) is 25.5 Å². The average molecular weight is 192 g/mol. The summed E-state index contributed by atoms with van der Waals surface area (Å²) in [6.07, 6.45) is 0. The van der Waals surface area contributed by atoms with E-state index in [1.165, 1.54) is 13.1 Å². The van der Waals surface area contributed by atoms with E-state index in [-0.39, 0.29) is 0 Å². The lowest BCUT2D eigenvalue weighted by molar-refractivity contribution is 0.231. The van der Waals surface area contributed by atoms with Crippen molar-refractivity contribution in [3.05, 3.63) is 0 Å². The summed E-state index contributed by atoms with van der Waals surface area (Å²) in [6, 6.07) is 0. The summed E-state index contributed by atoms with van der Waals surface area (Å²) in [5, 5.41) is 0. The Morgan fingerprint density at radius 2 is 1.42 bits per heavy atom. The van der Waals surface area contributed by atoms with Crippen LogP contribution in [0.15, 0.2) is 0 Å². The Kier molecular flexibility index (Phi) is 6.87. The van der Waals surface area contributed by atoms with E-state index in [0.717, 1.165) is 24.3 Å². The van der Waals surface area contributed by atoms with E-state index in [0.29, 0.717) is 0 Å². The molecule has 0 N–H and O–H groups in total. The number of alkyl halides is 1. The van der Waals surface area contributed by atoms with Gasteiger partial charge in [-0.1, -0.05) is 27.7 Å². The van der Waals surface area contributed by atoms with Gasteiger partial charge in [-0.05, 0) is 11.8 Å². The second-order valence-electron chi connectivity index (χ2n) is 4.24. The minimum Gasteiger partial charge on any atom is -0.302 e. The van der Waals surface area contributed by atoms with Crippen LogP contribution in [0.5, 0.6) is 0 Å². The van der Waals surface area contributed by atoms with Crippen LogP contribution in [0.4, 0.5) is 0 Å². The molecule has 0 aliphatic carbocycles. The molecule has 0 heterocycles. The number of rotatable bonds is 6. The van der Waals surface area contributed by atoms with E-state index in [4.69, 9.17) is 11.6 Å². The SMILES string of the molecule is CC(C)CN(CCCl)CC(C)C. The first-order valence-corrected chi connectivity index (χ1v) is 5.38. The molecule has 0 aliphatic rings. The highest BCUT2D eigenvalue weighted by Crippen LogP contribution is 2.03. The van der Waals surface area contributed by atoms with Gasteiger partial charge in [-0.15, -0.1) is 11.6 Å². The van der Waals surface area contributed by atoms with Crippen LogP contribution in [0, 0.1) is 11.8 Å². The van der Waals surface area contributed by atoms with Crippen molar-refractivity contribution in [2.45, 2.75) is 27.7 Å². The Bertz CT molecular complexity index is 92.0. The predicted molar refractivity (Wildman–Crippen MR) is 56.8 cm³/mol. The van der Waals surface area contributed by atoms with Crippen molar-refractivity contribution in [3.63, 3.8) is 0 Å². The number of nitrogens with zero attached hydrogens (tertiary/aromatic N) is 1. The molecule has 0 saturated heterocycles. The Labute approximate surface area is 82.1 Å². The summed E-state index contributed by atoms with van der Waals surface area (Å²) in [6.45, 7) is 12.4. The lowest BCUT2D eigenvalue weighted by Crippen LogP contribution is -2.32. The fourth-order valence-electron chi connectivity index (χ4n) is 1.41. The molecular weight excluding hydrogens is 170 g/mol. The third-order valence-corrected chi connectivity index (χ3v) is 1.82. The third kappa shape index (κ3) is 6.93. The van der Waals surface area contributed by atoms with Gasteiger partial charge in [0.05, 0.1) is 0 Å². The quantitative estimate of drug-likeness (QED) is 0.584. The second kappa shape index (κ2) is 6.73. The van der Waals surface area contributed by atoms with Gasteiger partial charge in [0.1, 0.15) is 0 Å². The highest BCUT2D eigenvalue weighted by molar-refractivity contribution is 6.18. The molecule has 0 fully saturated rings. The van der Waals surface area contributed by atoms with Crippen LogP contribution < -0.4 is 0 Å². The molecule has 0 amide bonds. The summed E-state index contributed by atoms with van der Waals surface area (Å²) in [5.41, 5.74) is 0. The zero-order valence-corrected chi connectivity index (χ0v) is 9.56. The topological polar surface area (TPSA) is 3.24 Å². The van der Waals surface area contributed by atoms with E-state index < -0.39 is 0 Å². The Morgan fingerprint density at radius 1 is 1.00 bits per heavy atom. The van der Waals surface area contributed by atoms with Crippen LogP contribution in [0.3, 0.4) is 0 Å². The van der Waals surface area contributed by atoms with Crippen molar-refractivity contribution >= 4 is 11.6 Å². The van der Waals surface area contributed by atoms with Crippen molar-refractivity contribution in [3.8, 4) is 0 Å². The fraction of sp³-hybridized carbons (Fsp3) is 1.00. The first-order chi connectivity index (χ1) is 5.56. The first-order valence-electron chi connectivity index (χ1n) is 4.84. The summed E-state index contributed by atoms with van der Waals surface area (Å²) in [4.78, 5) is 2.45. The zero-order chi connectivity index (χ0) is 9.56. The van der Waals surface area contributed by atoms with Crippen molar-refractivity contribution in [1.29, 1.82) is 0 Å². The molecule has 0 aromatic carbocycles. The van der Waals surface area contributed by atoms with Crippen LogP contribution in [0.2, 0.25) is 0 Å². The third-order valence-electron chi connectivity index (χ3n) is 1.65. The normalized spacial score (nSPS) is 12.0. The molecule has 0 aromatic rings. The summed E-state index contributed by atoms with van der Waals surface area (Å²) in [5.74, 6) is 2.23. The van der Waals surface area contributed by atoms with Crippen molar-refractivity contribution in [2.24, 2.45) is 11.8 Å². The van der Waals surface area contributed by atoms with Gasteiger partial charge in [-0.25, -0.2) is 0 Å². The molecule has 12 heavy (non-hydrogen) atoms. The number of halogens is 1. The largest absolute Gasteiger partial charge is 0.302 e. The lowest BCUT2D eigenvalue weighted by atomic mass is 10.1. The number of hydrogen-bond donors (Lipinski definition) is 0. The zero-order valence-electron chi connectivity index (χ0n) is 8.81. The molecule has 0 bridgehead atoms. The van der Waals surface area contributed by atoms with Gasteiger partial charge < -0.3 is 4.90 Å². The van der Waals surface area contributed by atoms with Crippen LogP contribution in [0.1, 0.15) is 27.7 Å². The smallest absolute Gasteiger partial charge is 0.0351 e. The molecule has 1 nitrogen and oxygen atoms in total. The van der Waals surface area contributed by atoms with E-state index in [1.54, 1.807) is 0 Å². The molecule has 2 heteroatoms. The molecule has 74 valence electrons. The Balaban J connectivity index is 3.69. The second-order valence-corrected chi connectivity index (χ2v) is 4.61. The average Bonchev–Trinajstić information content (AvgIpc) is 1.84. The highest BCUT2D eigenvalue weighted by Gasteiger charge is 2.07. The monoisotopic (exact) mass is 191 g/mol. The molecule has 0 radical (unpaired) electrons. The molecule has 0 unspecified atom stereocenters. The summed E-state index contributed by atoms with van der Waals surface area (Å²) < 4.78 is 0. The first kappa shape index (κ1) is 12.2. The maximum Gasteiger partial charge on any atom is 0.0351 e. The van der Waals surface area contributed by atoms with Gasteiger partial charge in [-0.2, -0.15) is 0 Å². The molecule has 0 saturated carbocycles. The van der Waals surface area contributed by atoms with Crippen LogP contribution in [0.25, 0.3) is 0 Å². The van der Waals surface area contributed by atoms with Crippen LogP contribution in [-0.4, -0.2) is 30.4 Å². The Morgan fingerprint density at radius 3 is 1.67 bits per heavy atom. The summed E-state index contributed by atoms with van der Waals surface area (Å²) >= 11 is 5.72. The highest BCUT2D eigenvalue weighted by atomic mass is 35.5. The standard InChI is InChI=1S/C10H22ClN/c1-9(2)7-12(6-5-11)8-10(3)4/h9-10H,5-8H2,1-4H3. The predicted octanol–water partition coefficient (Wildman–Crippen LogP) is 2.84. The van der Waals surface area contributed by atoms with E-state index in [9.17, 15) is 0 Å². The van der Waals surface area contributed by atoms with Crippen molar-refractivity contribution in [1.82, 2.24) is 4.90 Å². The van der Waals surface area contributed by atoms with Crippen molar-refractivity contribution in [2.75, 3.05) is 25.5 Å².